The lowest BCUT2D eigenvalue weighted by Gasteiger charge is -2.37. The lowest BCUT2D eigenvalue weighted by atomic mass is 10.0. The minimum Gasteiger partial charge on any atom is -0.353 e. The van der Waals surface area contributed by atoms with Crippen molar-refractivity contribution in [2.24, 2.45) is 5.92 Å². The topological polar surface area (TPSA) is 49.3 Å². The maximum atomic E-state index is 13.5. The molecule has 1 amide bonds. The van der Waals surface area contributed by atoms with Crippen LogP contribution in [0.15, 0.2) is 54.6 Å². The summed E-state index contributed by atoms with van der Waals surface area (Å²) in [6, 6.07) is 16.7. The molecule has 0 spiro atoms. The van der Waals surface area contributed by atoms with Gasteiger partial charge in [0.2, 0.25) is 5.91 Å². The van der Waals surface area contributed by atoms with E-state index in [1.54, 1.807) is 0 Å². The second-order valence-corrected chi connectivity index (χ2v) is 8.91. The van der Waals surface area contributed by atoms with Crippen molar-refractivity contribution in [1.29, 1.82) is 0 Å². The van der Waals surface area contributed by atoms with Gasteiger partial charge in [-0.2, -0.15) is 0 Å². The molecule has 0 radical (unpaired) electrons. The van der Waals surface area contributed by atoms with Gasteiger partial charge in [0.05, 0.1) is 0 Å². The Hall–Kier alpha value is -3.28. The summed E-state index contributed by atoms with van der Waals surface area (Å²) < 4.78 is 13.5. The number of halogens is 1. The summed E-state index contributed by atoms with van der Waals surface area (Å²) in [5.74, 6) is 1.98. The van der Waals surface area contributed by atoms with Crippen molar-refractivity contribution in [3.63, 3.8) is 0 Å². The van der Waals surface area contributed by atoms with Crippen LogP contribution in [0.2, 0.25) is 0 Å². The molecule has 0 atom stereocenters. The van der Waals surface area contributed by atoms with Crippen LogP contribution in [-0.2, 0) is 17.6 Å². The fraction of sp³-hybridized carbons (Fsp3) is 0.370. The summed E-state index contributed by atoms with van der Waals surface area (Å²) >= 11 is 0. The molecule has 33 heavy (non-hydrogen) atoms. The fourth-order valence-corrected chi connectivity index (χ4v) is 4.50. The van der Waals surface area contributed by atoms with E-state index < -0.39 is 0 Å². The molecule has 1 saturated carbocycles. The number of aryl methyl sites for hydroxylation is 1. The predicted molar refractivity (Wildman–Crippen MR) is 128 cm³/mol. The van der Waals surface area contributed by atoms with Gasteiger partial charge in [-0.25, -0.2) is 14.4 Å². The number of nitrogens with zero attached hydrogens (tertiary/aromatic N) is 4. The van der Waals surface area contributed by atoms with Crippen LogP contribution in [0.3, 0.4) is 0 Å². The van der Waals surface area contributed by atoms with Crippen molar-refractivity contribution in [2.75, 3.05) is 31.1 Å². The zero-order valence-corrected chi connectivity index (χ0v) is 19.0. The molecule has 6 heteroatoms. The highest BCUT2D eigenvalue weighted by atomic mass is 19.1. The van der Waals surface area contributed by atoms with E-state index in [1.807, 2.05) is 47.4 Å². The Morgan fingerprint density at radius 2 is 1.67 bits per heavy atom. The SMILES string of the molecule is CCc1nc(-c2ccccc2)nc(N2CCN(C(=O)C3CC3)CC2)c1Cc1ccc(F)cc1. The third-order valence-electron chi connectivity index (χ3n) is 6.55. The van der Waals surface area contributed by atoms with Crippen LogP contribution in [0.5, 0.6) is 0 Å². The van der Waals surface area contributed by atoms with Crippen LogP contribution < -0.4 is 4.90 Å². The number of rotatable bonds is 6. The second kappa shape index (κ2) is 9.30. The molecule has 0 unspecified atom stereocenters. The van der Waals surface area contributed by atoms with E-state index in [0.717, 1.165) is 79.5 Å². The van der Waals surface area contributed by atoms with Gasteiger partial charge in [0.15, 0.2) is 5.82 Å². The number of aromatic nitrogens is 2. The van der Waals surface area contributed by atoms with Crippen molar-refractivity contribution >= 4 is 11.7 Å². The van der Waals surface area contributed by atoms with Crippen LogP contribution >= 0.6 is 0 Å². The summed E-state index contributed by atoms with van der Waals surface area (Å²) in [4.78, 5) is 26.8. The van der Waals surface area contributed by atoms with Crippen LogP contribution in [0.4, 0.5) is 10.2 Å². The molecule has 0 N–H and O–H groups in total. The first-order chi connectivity index (χ1) is 16.1. The molecule has 2 aliphatic rings. The van der Waals surface area contributed by atoms with Crippen molar-refractivity contribution in [2.45, 2.75) is 32.6 Å². The molecule has 5 rings (SSSR count). The lowest BCUT2D eigenvalue weighted by molar-refractivity contribution is -0.132. The van der Waals surface area contributed by atoms with Gasteiger partial charge in [0.25, 0.3) is 0 Å². The molecular weight excluding hydrogens is 415 g/mol. The molecule has 2 heterocycles. The summed E-state index contributed by atoms with van der Waals surface area (Å²) in [7, 11) is 0. The third kappa shape index (κ3) is 4.75. The minimum absolute atomic E-state index is 0.234. The average Bonchev–Trinajstić information content (AvgIpc) is 3.71. The minimum atomic E-state index is -0.234. The highest BCUT2D eigenvalue weighted by Crippen LogP contribution is 2.32. The Kier molecular flexibility index (Phi) is 6.07. The molecule has 5 nitrogen and oxygen atoms in total. The normalized spacial score (nSPS) is 16.2. The van der Waals surface area contributed by atoms with Gasteiger partial charge in [-0.15, -0.1) is 0 Å². The van der Waals surface area contributed by atoms with Crippen molar-refractivity contribution < 1.29 is 9.18 Å². The van der Waals surface area contributed by atoms with Crippen molar-refractivity contribution in [3.05, 3.63) is 77.2 Å². The molecular formula is C27H29FN4O. The Balaban J connectivity index is 1.50. The van der Waals surface area contributed by atoms with Gasteiger partial charge in [-0.05, 0) is 37.0 Å². The highest BCUT2D eigenvalue weighted by molar-refractivity contribution is 5.81. The van der Waals surface area contributed by atoms with Gasteiger partial charge < -0.3 is 9.80 Å². The zero-order valence-electron chi connectivity index (χ0n) is 19.0. The molecule has 0 bridgehead atoms. The number of carbonyl (C=O) groups is 1. The van der Waals surface area contributed by atoms with E-state index in [1.165, 1.54) is 12.1 Å². The van der Waals surface area contributed by atoms with Gasteiger partial charge >= 0.3 is 0 Å². The first kappa shape index (κ1) is 21.6. The van der Waals surface area contributed by atoms with Crippen LogP contribution in [-0.4, -0.2) is 47.0 Å². The Bertz CT molecular complexity index is 1120. The molecule has 1 aliphatic heterocycles. The van der Waals surface area contributed by atoms with Crippen molar-refractivity contribution in [1.82, 2.24) is 14.9 Å². The predicted octanol–water partition coefficient (Wildman–Crippen LogP) is 4.49. The number of carbonyl (C=O) groups excluding carboxylic acids is 1. The summed E-state index contributed by atoms with van der Waals surface area (Å²) in [6.45, 7) is 5.06. The lowest BCUT2D eigenvalue weighted by Crippen LogP contribution is -2.49. The average molecular weight is 445 g/mol. The van der Waals surface area contributed by atoms with Crippen LogP contribution in [0, 0.1) is 11.7 Å². The molecule has 1 aliphatic carbocycles. The Morgan fingerprint density at radius 1 is 0.970 bits per heavy atom. The fourth-order valence-electron chi connectivity index (χ4n) is 4.50. The number of anilines is 1. The van der Waals surface area contributed by atoms with E-state index in [2.05, 4.69) is 11.8 Å². The standard InChI is InChI=1S/C27H29FN4O/c1-2-24-23(18-19-8-12-22(28)13-9-19)26(30-25(29-24)20-6-4-3-5-7-20)31-14-16-32(17-15-31)27(33)21-10-11-21/h3-9,12-13,21H,2,10-11,14-18H2,1H3. The van der Waals surface area contributed by atoms with E-state index in [4.69, 9.17) is 9.97 Å². The van der Waals surface area contributed by atoms with E-state index in [0.29, 0.717) is 12.3 Å². The smallest absolute Gasteiger partial charge is 0.225 e. The first-order valence-corrected chi connectivity index (χ1v) is 11.9. The quantitative estimate of drug-likeness (QED) is 0.562. The molecule has 170 valence electrons. The number of amides is 1. The van der Waals surface area contributed by atoms with E-state index >= 15 is 0 Å². The Morgan fingerprint density at radius 3 is 2.30 bits per heavy atom. The maximum Gasteiger partial charge on any atom is 0.225 e. The highest BCUT2D eigenvalue weighted by Gasteiger charge is 2.35. The summed E-state index contributed by atoms with van der Waals surface area (Å²) in [5.41, 5.74) is 4.13. The van der Waals surface area contributed by atoms with Crippen molar-refractivity contribution in [3.8, 4) is 11.4 Å². The largest absolute Gasteiger partial charge is 0.353 e. The zero-order chi connectivity index (χ0) is 22.8. The second-order valence-electron chi connectivity index (χ2n) is 8.91. The van der Waals surface area contributed by atoms with Crippen LogP contribution in [0.1, 0.15) is 36.6 Å². The molecule has 3 aromatic rings. The van der Waals surface area contributed by atoms with E-state index in [9.17, 15) is 9.18 Å². The molecule has 2 aromatic carbocycles. The Labute approximate surface area is 194 Å². The van der Waals surface area contributed by atoms with Gasteiger partial charge in [0, 0.05) is 55.3 Å². The maximum absolute atomic E-state index is 13.5. The van der Waals surface area contributed by atoms with Gasteiger partial charge in [-0.1, -0.05) is 49.4 Å². The van der Waals surface area contributed by atoms with Crippen LogP contribution in [0.25, 0.3) is 11.4 Å². The van der Waals surface area contributed by atoms with Gasteiger partial charge in [-0.3, -0.25) is 4.79 Å². The number of hydrogen-bond donors (Lipinski definition) is 0. The van der Waals surface area contributed by atoms with E-state index in [-0.39, 0.29) is 11.7 Å². The third-order valence-corrected chi connectivity index (χ3v) is 6.55. The molecule has 1 aromatic heterocycles. The summed E-state index contributed by atoms with van der Waals surface area (Å²) in [6.07, 6.45) is 3.50. The number of hydrogen-bond acceptors (Lipinski definition) is 4. The molecule has 1 saturated heterocycles. The first-order valence-electron chi connectivity index (χ1n) is 11.9. The van der Waals surface area contributed by atoms with Gasteiger partial charge in [0.1, 0.15) is 11.6 Å². The number of benzene rings is 2. The monoisotopic (exact) mass is 444 g/mol. The molecule has 2 fully saturated rings. The summed E-state index contributed by atoms with van der Waals surface area (Å²) in [5, 5.41) is 0. The number of piperazine rings is 1.